The molecule has 0 spiro atoms. The molecule has 0 fully saturated rings. The Hall–Kier alpha value is -4.58. The maximum Gasteiger partial charge on any atom is 0.142 e. The highest BCUT2D eigenvalue weighted by Gasteiger charge is 2.23. The van der Waals surface area contributed by atoms with Gasteiger partial charge >= 0.3 is 0 Å². The minimum Gasteiger partial charge on any atom is -0.516 e. The zero-order valence-corrected chi connectivity index (χ0v) is 25.9. The fourth-order valence-corrected chi connectivity index (χ4v) is 5.90. The summed E-state index contributed by atoms with van der Waals surface area (Å²) in [5, 5.41) is 9.52. The average Bonchev–Trinajstić information content (AvgIpc) is 3.86. The Balaban J connectivity index is 1.71. The molecule has 1 aromatic rings. The normalized spacial score (nSPS) is 18.6. The van der Waals surface area contributed by atoms with Gasteiger partial charge in [-0.15, -0.1) is 0 Å². The number of fused-ring (bicyclic) bond motifs is 5. The predicted octanol–water partition coefficient (Wildman–Crippen LogP) is 9.43. The van der Waals surface area contributed by atoms with Gasteiger partial charge in [0, 0.05) is 33.7 Å². The van der Waals surface area contributed by atoms with Gasteiger partial charge in [-0.2, -0.15) is 0 Å². The fourth-order valence-electron chi connectivity index (χ4n) is 5.90. The van der Waals surface area contributed by atoms with Crippen molar-refractivity contribution in [1.82, 2.24) is 4.98 Å². The summed E-state index contributed by atoms with van der Waals surface area (Å²) in [7, 11) is 0. The molecular formula is C38H42N4O2. The zero-order chi connectivity index (χ0) is 30.7. The van der Waals surface area contributed by atoms with Crippen LogP contribution < -0.4 is 0 Å². The summed E-state index contributed by atoms with van der Waals surface area (Å²) in [4.78, 5) is 30.4. The largest absolute Gasteiger partial charge is 0.516 e. The predicted molar refractivity (Wildman–Crippen MR) is 184 cm³/mol. The van der Waals surface area contributed by atoms with Gasteiger partial charge in [0.25, 0.3) is 0 Å². The van der Waals surface area contributed by atoms with E-state index in [1.165, 1.54) is 31.8 Å². The number of hydrogen-bond acceptors (Lipinski definition) is 5. The third kappa shape index (κ3) is 7.13. The Labute approximate surface area is 260 Å². The number of aliphatic hydroxyl groups excluding tert-OH is 1. The van der Waals surface area contributed by atoms with Crippen molar-refractivity contribution in [3.8, 4) is 0 Å². The van der Waals surface area contributed by atoms with Crippen molar-refractivity contribution in [3.05, 3.63) is 119 Å². The standard InChI is InChI=1S/C38H42N4O2/c1-3-5-7-9-13-27-31-17-21-35(39-31)29(15-11-25-43)37-23-19-33(41-37)28(14-10-8-6-4-2)34-20-24-38(42-34)30(16-12-26-44)36-22-18-32(27)40-36/h11-12,15-26,39,44H,3-10,13-14H2,1-2H3/b15-11+,26-12+,30-16+,32-27?,34-28?,37-29?. The molecule has 0 aromatic carbocycles. The molecule has 4 aliphatic heterocycles. The second-order valence-electron chi connectivity index (χ2n) is 11.3. The number of carbonyl (C=O) groups excluding carboxylic acids is 1. The van der Waals surface area contributed by atoms with Crippen LogP contribution in [0, 0.1) is 0 Å². The molecule has 44 heavy (non-hydrogen) atoms. The SMILES string of the molecule is CCCCCCC1=C2C=CC(=N2)/C(=C/C=C/O)C2=NC(=C(CCCCCC)c3ccc([nH]3)C(/C=C/C=O)=C3C=CC1=N3)C=C2. The number of carbonyl (C=O) groups is 1. The van der Waals surface area contributed by atoms with Crippen molar-refractivity contribution < 1.29 is 9.90 Å². The van der Waals surface area contributed by atoms with E-state index in [0.717, 1.165) is 119 Å². The molecule has 0 unspecified atom stereocenters. The number of allylic oxidation sites excluding steroid dienone is 14. The number of hydrogen-bond donors (Lipinski definition) is 2. The van der Waals surface area contributed by atoms with E-state index in [1.807, 2.05) is 30.4 Å². The van der Waals surface area contributed by atoms with Gasteiger partial charge in [0.15, 0.2) is 0 Å². The lowest BCUT2D eigenvalue weighted by Crippen LogP contribution is -2.07. The molecule has 226 valence electrons. The van der Waals surface area contributed by atoms with Crippen molar-refractivity contribution in [2.75, 3.05) is 0 Å². The van der Waals surface area contributed by atoms with Gasteiger partial charge in [-0.1, -0.05) is 52.4 Å². The van der Waals surface area contributed by atoms with Crippen LogP contribution in [0.3, 0.4) is 0 Å². The Bertz CT molecular complexity index is 1640. The number of nitrogens with zero attached hydrogens (tertiary/aromatic N) is 3. The molecule has 0 saturated carbocycles. The summed E-state index contributed by atoms with van der Waals surface area (Å²) in [6.45, 7) is 4.44. The number of unbranched alkanes of at least 4 members (excludes halogenated alkanes) is 6. The molecule has 0 radical (unpaired) electrons. The summed E-state index contributed by atoms with van der Waals surface area (Å²) in [6, 6.07) is 4.18. The molecule has 5 rings (SSSR count). The number of aliphatic imine (C=N–C) groups is 3. The van der Waals surface area contributed by atoms with E-state index in [9.17, 15) is 9.90 Å². The quantitative estimate of drug-likeness (QED) is 0.104. The van der Waals surface area contributed by atoms with Gasteiger partial charge in [-0.05, 0) is 98.6 Å². The minimum absolute atomic E-state index is 0.804. The third-order valence-electron chi connectivity index (χ3n) is 8.23. The van der Waals surface area contributed by atoms with Crippen LogP contribution in [-0.2, 0) is 4.79 Å². The van der Waals surface area contributed by atoms with Crippen molar-refractivity contribution in [2.45, 2.75) is 78.1 Å². The first-order chi connectivity index (χ1) is 21.7. The first-order valence-electron chi connectivity index (χ1n) is 16.0. The second kappa shape index (κ2) is 15.2. The smallest absolute Gasteiger partial charge is 0.142 e. The van der Waals surface area contributed by atoms with Gasteiger partial charge in [0.1, 0.15) is 6.29 Å². The van der Waals surface area contributed by atoms with Gasteiger partial charge in [-0.25, -0.2) is 15.0 Å². The molecule has 1 aromatic heterocycles. The first-order valence-corrected chi connectivity index (χ1v) is 16.0. The highest BCUT2D eigenvalue weighted by Crippen LogP contribution is 2.34. The molecule has 0 atom stereocenters. The highest BCUT2D eigenvalue weighted by molar-refractivity contribution is 6.33. The Morgan fingerprint density at radius 1 is 0.682 bits per heavy atom. The van der Waals surface area contributed by atoms with Crippen LogP contribution in [0.4, 0.5) is 0 Å². The zero-order valence-electron chi connectivity index (χ0n) is 25.9. The fraction of sp³-hybridized carbons (Fsp3) is 0.316. The summed E-state index contributed by atoms with van der Waals surface area (Å²) >= 11 is 0. The Morgan fingerprint density at radius 2 is 1.27 bits per heavy atom. The van der Waals surface area contributed by atoms with E-state index >= 15 is 0 Å². The van der Waals surface area contributed by atoms with E-state index in [2.05, 4.69) is 49.2 Å². The van der Waals surface area contributed by atoms with Crippen LogP contribution in [0.5, 0.6) is 0 Å². The molecular weight excluding hydrogens is 544 g/mol. The number of rotatable bonds is 13. The van der Waals surface area contributed by atoms with Gasteiger partial charge in [0.05, 0.1) is 40.5 Å². The van der Waals surface area contributed by atoms with Crippen LogP contribution in [-0.4, -0.2) is 33.5 Å². The van der Waals surface area contributed by atoms with Crippen molar-refractivity contribution >= 4 is 34.6 Å². The average molecular weight is 587 g/mol. The topological polar surface area (TPSA) is 90.2 Å². The van der Waals surface area contributed by atoms with E-state index < -0.39 is 0 Å². The number of aliphatic hydroxyl groups is 1. The lowest BCUT2D eigenvalue weighted by atomic mass is 10.00. The monoisotopic (exact) mass is 586 g/mol. The lowest BCUT2D eigenvalue weighted by Gasteiger charge is -2.10. The molecule has 4 aliphatic rings. The molecule has 0 aliphatic carbocycles. The van der Waals surface area contributed by atoms with Crippen molar-refractivity contribution in [2.24, 2.45) is 15.0 Å². The van der Waals surface area contributed by atoms with Crippen LogP contribution in [0.25, 0.3) is 11.1 Å². The lowest BCUT2D eigenvalue weighted by molar-refractivity contribution is -0.104. The molecule has 0 amide bonds. The Kier molecular flexibility index (Phi) is 10.7. The Morgan fingerprint density at radius 3 is 1.93 bits per heavy atom. The molecule has 6 nitrogen and oxygen atoms in total. The van der Waals surface area contributed by atoms with E-state index in [-0.39, 0.29) is 0 Å². The van der Waals surface area contributed by atoms with Crippen LogP contribution in [0.1, 0.15) is 89.4 Å². The number of nitrogens with one attached hydrogen (secondary N) is 1. The minimum atomic E-state index is 0.804. The number of aromatic nitrogens is 1. The van der Waals surface area contributed by atoms with E-state index in [4.69, 9.17) is 15.0 Å². The molecule has 8 bridgehead atoms. The number of aromatic amines is 1. The van der Waals surface area contributed by atoms with E-state index in [1.54, 1.807) is 6.08 Å². The number of aldehydes is 1. The highest BCUT2D eigenvalue weighted by atomic mass is 16.2. The van der Waals surface area contributed by atoms with Gasteiger partial charge in [-0.3, -0.25) is 4.79 Å². The summed E-state index contributed by atoms with van der Waals surface area (Å²) in [6.07, 6.45) is 31.9. The third-order valence-corrected chi connectivity index (χ3v) is 8.23. The van der Waals surface area contributed by atoms with E-state index in [0.29, 0.717) is 0 Å². The summed E-state index contributed by atoms with van der Waals surface area (Å²) < 4.78 is 0. The molecule has 5 heterocycles. The van der Waals surface area contributed by atoms with Gasteiger partial charge < -0.3 is 10.1 Å². The number of H-pyrrole nitrogens is 1. The molecule has 2 N–H and O–H groups in total. The van der Waals surface area contributed by atoms with Crippen LogP contribution in [0.15, 0.2) is 122 Å². The van der Waals surface area contributed by atoms with Gasteiger partial charge in [0.2, 0.25) is 0 Å². The van der Waals surface area contributed by atoms with Crippen molar-refractivity contribution in [3.63, 3.8) is 0 Å². The second-order valence-corrected chi connectivity index (χ2v) is 11.3. The first kappa shape index (κ1) is 30.9. The maximum atomic E-state index is 11.4. The molecule has 6 heteroatoms. The molecule has 0 saturated heterocycles. The van der Waals surface area contributed by atoms with Crippen molar-refractivity contribution in [1.29, 1.82) is 0 Å². The van der Waals surface area contributed by atoms with Crippen LogP contribution >= 0.6 is 0 Å². The summed E-state index contributed by atoms with van der Waals surface area (Å²) in [5.41, 5.74) is 11.0. The summed E-state index contributed by atoms with van der Waals surface area (Å²) in [5.74, 6) is 0. The van der Waals surface area contributed by atoms with Crippen LogP contribution in [0.2, 0.25) is 0 Å². The maximum absolute atomic E-state index is 11.4.